The summed E-state index contributed by atoms with van der Waals surface area (Å²) in [5, 5.41) is 2.94. The molecule has 0 fully saturated rings. The Balaban J connectivity index is 2.07. The molecule has 0 spiro atoms. The van der Waals surface area contributed by atoms with E-state index in [0.717, 1.165) is 0 Å². The Bertz CT molecular complexity index is 546. The van der Waals surface area contributed by atoms with Crippen molar-refractivity contribution in [2.75, 3.05) is 5.32 Å². The molecule has 19 heavy (non-hydrogen) atoms. The van der Waals surface area contributed by atoms with Crippen molar-refractivity contribution >= 4 is 5.69 Å². The highest BCUT2D eigenvalue weighted by molar-refractivity contribution is 5.56. The van der Waals surface area contributed by atoms with Crippen molar-refractivity contribution in [3.63, 3.8) is 0 Å². The molecular formula is C14H12F3NO. The molecule has 0 radical (unpaired) electrons. The van der Waals surface area contributed by atoms with Crippen LogP contribution in [0.2, 0.25) is 0 Å². The van der Waals surface area contributed by atoms with Crippen LogP contribution in [0.1, 0.15) is 5.56 Å². The van der Waals surface area contributed by atoms with Gasteiger partial charge in [-0.2, -0.15) is 8.78 Å². The molecule has 0 aromatic heterocycles. The topological polar surface area (TPSA) is 21.3 Å². The van der Waals surface area contributed by atoms with Crippen LogP contribution in [-0.4, -0.2) is 6.61 Å². The molecule has 0 aliphatic carbocycles. The van der Waals surface area contributed by atoms with E-state index in [1.54, 1.807) is 30.3 Å². The number of anilines is 1. The molecule has 0 saturated carbocycles. The molecule has 0 aliphatic heterocycles. The maximum Gasteiger partial charge on any atom is 0.387 e. The summed E-state index contributed by atoms with van der Waals surface area (Å²) in [7, 11) is 0. The Morgan fingerprint density at radius 2 is 1.84 bits per heavy atom. The first kappa shape index (κ1) is 13.3. The van der Waals surface area contributed by atoms with Gasteiger partial charge in [-0.3, -0.25) is 0 Å². The Morgan fingerprint density at radius 3 is 2.58 bits per heavy atom. The fourth-order valence-corrected chi connectivity index (χ4v) is 1.66. The predicted octanol–water partition coefficient (Wildman–Crippen LogP) is 4.04. The first-order valence-corrected chi connectivity index (χ1v) is 5.67. The SMILES string of the molecule is Fc1cccc(CNc2ccccc2OC(F)F)c1. The number of halogens is 3. The van der Waals surface area contributed by atoms with Crippen LogP contribution in [0, 0.1) is 5.82 Å². The van der Waals surface area contributed by atoms with Gasteiger partial charge in [-0.05, 0) is 29.8 Å². The smallest absolute Gasteiger partial charge is 0.387 e. The van der Waals surface area contributed by atoms with Crippen LogP contribution >= 0.6 is 0 Å². The lowest BCUT2D eigenvalue weighted by Crippen LogP contribution is -2.06. The van der Waals surface area contributed by atoms with Crippen LogP contribution in [0.3, 0.4) is 0 Å². The molecule has 2 rings (SSSR count). The predicted molar refractivity (Wildman–Crippen MR) is 66.8 cm³/mol. The van der Waals surface area contributed by atoms with Gasteiger partial charge in [0.05, 0.1) is 5.69 Å². The van der Waals surface area contributed by atoms with E-state index in [1.807, 2.05) is 0 Å². The lowest BCUT2D eigenvalue weighted by molar-refractivity contribution is -0.0493. The molecular weight excluding hydrogens is 255 g/mol. The average Bonchev–Trinajstić information content (AvgIpc) is 2.37. The first-order valence-electron chi connectivity index (χ1n) is 5.67. The fraction of sp³-hybridized carbons (Fsp3) is 0.143. The van der Waals surface area contributed by atoms with Crippen LogP contribution in [-0.2, 0) is 6.54 Å². The molecule has 2 aromatic rings. The van der Waals surface area contributed by atoms with E-state index in [-0.39, 0.29) is 11.6 Å². The second kappa shape index (κ2) is 6.13. The van der Waals surface area contributed by atoms with Crippen molar-refractivity contribution < 1.29 is 17.9 Å². The van der Waals surface area contributed by atoms with Crippen LogP contribution in [0.4, 0.5) is 18.9 Å². The minimum atomic E-state index is -2.88. The van der Waals surface area contributed by atoms with Crippen LogP contribution in [0.15, 0.2) is 48.5 Å². The van der Waals surface area contributed by atoms with Gasteiger partial charge in [0.2, 0.25) is 0 Å². The second-order valence-corrected chi connectivity index (χ2v) is 3.86. The van der Waals surface area contributed by atoms with Crippen LogP contribution < -0.4 is 10.1 Å². The fourth-order valence-electron chi connectivity index (χ4n) is 1.66. The zero-order chi connectivity index (χ0) is 13.7. The summed E-state index contributed by atoms with van der Waals surface area (Å²) in [5.41, 5.74) is 1.15. The average molecular weight is 267 g/mol. The number of hydrogen-bond acceptors (Lipinski definition) is 2. The normalized spacial score (nSPS) is 10.5. The third-order valence-electron chi connectivity index (χ3n) is 2.48. The quantitative estimate of drug-likeness (QED) is 0.882. The van der Waals surface area contributed by atoms with E-state index in [2.05, 4.69) is 10.1 Å². The number of rotatable bonds is 5. The third-order valence-corrected chi connectivity index (χ3v) is 2.48. The lowest BCUT2D eigenvalue weighted by atomic mass is 10.2. The highest BCUT2D eigenvalue weighted by Gasteiger charge is 2.08. The molecule has 0 amide bonds. The van der Waals surface area contributed by atoms with Crippen molar-refractivity contribution in [3.05, 3.63) is 59.9 Å². The summed E-state index contributed by atoms with van der Waals surface area (Å²) < 4.78 is 41.8. The van der Waals surface area contributed by atoms with Gasteiger partial charge >= 0.3 is 6.61 Å². The van der Waals surface area contributed by atoms with E-state index in [1.165, 1.54) is 18.2 Å². The minimum absolute atomic E-state index is 0.0638. The van der Waals surface area contributed by atoms with Gasteiger partial charge < -0.3 is 10.1 Å². The summed E-state index contributed by atoms with van der Waals surface area (Å²) in [6, 6.07) is 12.4. The molecule has 0 aliphatic rings. The van der Waals surface area contributed by atoms with Crippen molar-refractivity contribution in [2.24, 2.45) is 0 Å². The molecule has 0 saturated heterocycles. The Kier molecular flexibility index (Phi) is 4.28. The summed E-state index contributed by atoms with van der Waals surface area (Å²) in [6.07, 6.45) is 0. The molecule has 2 aromatic carbocycles. The van der Waals surface area contributed by atoms with Gasteiger partial charge in [0.25, 0.3) is 0 Å². The van der Waals surface area contributed by atoms with Crippen molar-refractivity contribution in [1.82, 2.24) is 0 Å². The molecule has 0 heterocycles. The van der Waals surface area contributed by atoms with Gasteiger partial charge in [0.1, 0.15) is 11.6 Å². The zero-order valence-corrected chi connectivity index (χ0v) is 9.95. The second-order valence-electron chi connectivity index (χ2n) is 3.86. The Hall–Kier alpha value is -2.17. The standard InChI is InChI=1S/C14H12F3NO/c15-11-5-3-4-10(8-11)9-18-12-6-1-2-7-13(12)19-14(16)17/h1-8,14,18H,9H2. The van der Waals surface area contributed by atoms with Crippen molar-refractivity contribution in [2.45, 2.75) is 13.2 Å². The monoisotopic (exact) mass is 267 g/mol. The largest absolute Gasteiger partial charge is 0.433 e. The molecule has 5 heteroatoms. The third kappa shape index (κ3) is 3.91. The molecule has 1 N–H and O–H groups in total. The van der Waals surface area contributed by atoms with E-state index in [9.17, 15) is 13.2 Å². The summed E-state index contributed by atoms with van der Waals surface area (Å²) in [5.74, 6) is -0.273. The maximum absolute atomic E-state index is 13.0. The van der Waals surface area contributed by atoms with Crippen LogP contribution in [0.5, 0.6) is 5.75 Å². The molecule has 0 atom stereocenters. The van der Waals surface area contributed by atoms with Crippen molar-refractivity contribution in [1.29, 1.82) is 0 Å². The van der Waals surface area contributed by atoms with Crippen molar-refractivity contribution in [3.8, 4) is 5.75 Å². The number of para-hydroxylation sites is 2. The first-order chi connectivity index (χ1) is 9.15. The van der Waals surface area contributed by atoms with Gasteiger partial charge in [-0.15, -0.1) is 0 Å². The lowest BCUT2D eigenvalue weighted by Gasteiger charge is -2.12. The molecule has 2 nitrogen and oxygen atoms in total. The van der Waals surface area contributed by atoms with E-state index >= 15 is 0 Å². The Morgan fingerprint density at radius 1 is 1.05 bits per heavy atom. The molecule has 0 unspecified atom stereocenters. The summed E-state index contributed by atoms with van der Waals surface area (Å²) >= 11 is 0. The summed E-state index contributed by atoms with van der Waals surface area (Å²) in [4.78, 5) is 0. The van der Waals surface area contributed by atoms with E-state index in [4.69, 9.17) is 0 Å². The number of benzene rings is 2. The Labute approximate surface area is 108 Å². The number of ether oxygens (including phenoxy) is 1. The maximum atomic E-state index is 13.0. The van der Waals surface area contributed by atoms with Gasteiger partial charge in [-0.25, -0.2) is 4.39 Å². The summed E-state index contributed by atoms with van der Waals surface area (Å²) in [6.45, 7) is -2.56. The van der Waals surface area contributed by atoms with Gasteiger partial charge in [0.15, 0.2) is 0 Å². The molecule has 100 valence electrons. The number of nitrogens with one attached hydrogen (secondary N) is 1. The minimum Gasteiger partial charge on any atom is -0.433 e. The molecule has 0 bridgehead atoms. The highest BCUT2D eigenvalue weighted by atomic mass is 19.3. The van der Waals surface area contributed by atoms with E-state index < -0.39 is 6.61 Å². The van der Waals surface area contributed by atoms with Gasteiger partial charge in [0, 0.05) is 6.54 Å². The van der Waals surface area contributed by atoms with E-state index in [0.29, 0.717) is 17.8 Å². The van der Waals surface area contributed by atoms with Gasteiger partial charge in [-0.1, -0.05) is 24.3 Å². The number of hydrogen-bond donors (Lipinski definition) is 1. The highest BCUT2D eigenvalue weighted by Crippen LogP contribution is 2.25. The number of alkyl halides is 2. The van der Waals surface area contributed by atoms with Crippen LogP contribution in [0.25, 0.3) is 0 Å². The zero-order valence-electron chi connectivity index (χ0n) is 9.95.